The van der Waals surface area contributed by atoms with E-state index >= 15 is 0 Å². The van der Waals surface area contributed by atoms with E-state index in [0.29, 0.717) is 23.7 Å². The van der Waals surface area contributed by atoms with Gasteiger partial charge < -0.3 is 10.1 Å². The molecule has 0 saturated heterocycles. The van der Waals surface area contributed by atoms with Crippen LogP contribution >= 0.6 is 11.6 Å². The van der Waals surface area contributed by atoms with Crippen LogP contribution in [0.1, 0.15) is 28.7 Å². The van der Waals surface area contributed by atoms with Crippen LogP contribution in [0.15, 0.2) is 36.5 Å². The molecule has 3 aromatic rings. The van der Waals surface area contributed by atoms with Crippen molar-refractivity contribution in [2.24, 2.45) is 0 Å². The maximum Gasteiger partial charge on any atom is 0.418 e. The lowest BCUT2D eigenvalue weighted by Crippen LogP contribution is -2.19. The van der Waals surface area contributed by atoms with Crippen molar-refractivity contribution in [1.82, 2.24) is 9.38 Å². The second kappa shape index (κ2) is 7.11. The minimum absolute atomic E-state index is 0.0762. The molecule has 1 aromatic carbocycles. The molecule has 5 nitrogen and oxygen atoms in total. The fourth-order valence-corrected chi connectivity index (χ4v) is 2.91. The second-order valence-corrected chi connectivity index (χ2v) is 6.12. The number of hydrogen-bond acceptors (Lipinski definition) is 3. The third kappa shape index (κ3) is 3.71. The third-order valence-corrected chi connectivity index (χ3v) is 4.07. The first kappa shape index (κ1) is 19.0. The second-order valence-electron chi connectivity index (χ2n) is 5.69. The van der Waals surface area contributed by atoms with Gasteiger partial charge in [0.1, 0.15) is 5.69 Å². The van der Waals surface area contributed by atoms with Crippen molar-refractivity contribution in [2.75, 3.05) is 11.9 Å². The first-order valence-corrected chi connectivity index (χ1v) is 8.38. The molecule has 9 heteroatoms. The first-order valence-electron chi connectivity index (χ1n) is 8.01. The van der Waals surface area contributed by atoms with Gasteiger partial charge in [-0.15, -0.1) is 0 Å². The largest absolute Gasteiger partial charge is 0.490 e. The average molecular weight is 398 g/mol. The topological polar surface area (TPSA) is 55.6 Å². The Morgan fingerprint density at radius 2 is 2.07 bits per heavy atom. The molecule has 142 valence electrons. The van der Waals surface area contributed by atoms with Crippen LogP contribution < -0.4 is 10.1 Å². The van der Waals surface area contributed by atoms with E-state index in [1.807, 2.05) is 6.92 Å². The fourth-order valence-electron chi connectivity index (χ4n) is 2.74. The van der Waals surface area contributed by atoms with E-state index < -0.39 is 17.6 Å². The fraction of sp³-hybridized carbons (Fsp3) is 0.222. The Bertz CT molecular complexity index is 1010. The third-order valence-electron chi connectivity index (χ3n) is 3.84. The number of halogens is 4. The summed E-state index contributed by atoms with van der Waals surface area (Å²) in [6.07, 6.45) is -3.07. The van der Waals surface area contributed by atoms with Crippen molar-refractivity contribution in [2.45, 2.75) is 20.0 Å². The molecule has 0 radical (unpaired) electrons. The molecule has 0 atom stereocenters. The molecule has 0 fully saturated rings. The maximum absolute atomic E-state index is 13.2. The summed E-state index contributed by atoms with van der Waals surface area (Å²) in [6.45, 7) is 3.82. The number of fused-ring (bicyclic) bond motifs is 1. The van der Waals surface area contributed by atoms with Gasteiger partial charge in [-0.3, -0.25) is 9.20 Å². The van der Waals surface area contributed by atoms with Crippen molar-refractivity contribution < 1.29 is 22.7 Å². The van der Waals surface area contributed by atoms with Gasteiger partial charge in [0.25, 0.3) is 5.91 Å². The minimum Gasteiger partial charge on any atom is -0.490 e. The first-order chi connectivity index (χ1) is 12.7. The van der Waals surface area contributed by atoms with Crippen molar-refractivity contribution in [3.63, 3.8) is 0 Å². The van der Waals surface area contributed by atoms with E-state index in [1.54, 1.807) is 25.3 Å². The highest BCUT2D eigenvalue weighted by atomic mass is 35.5. The van der Waals surface area contributed by atoms with Gasteiger partial charge in [0.05, 0.1) is 23.6 Å². The van der Waals surface area contributed by atoms with Crippen LogP contribution in [0.4, 0.5) is 18.9 Å². The van der Waals surface area contributed by atoms with Crippen LogP contribution in [-0.4, -0.2) is 21.9 Å². The zero-order valence-corrected chi connectivity index (χ0v) is 15.1. The number of pyridine rings is 1. The Labute approximate surface area is 157 Å². The molecule has 0 bridgehead atoms. The van der Waals surface area contributed by atoms with Gasteiger partial charge in [0, 0.05) is 11.2 Å². The molecule has 3 rings (SSSR count). The molecule has 1 N–H and O–H groups in total. The van der Waals surface area contributed by atoms with Crippen LogP contribution in [0.3, 0.4) is 0 Å². The Hall–Kier alpha value is -2.74. The van der Waals surface area contributed by atoms with Crippen LogP contribution in [0, 0.1) is 6.92 Å². The number of hydrogen-bond donors (Lipinski definition) is 1. The van der Waals surface area contributed by atoms with Crippen LogP contribution in [-0.2, 0) is 6.18 Å². The summed E-state index contributed by atoms with van der Waals surface area (Å²) in [4.78, 5) is 17.0. The zero-order chi connectivity index (χ0) is 19.8. The van der Waals surface area contributed by atoms with E-state index in [-0.39, 0.29) is 16.4 Å². The van der Waals surface area contributed by atoms with Crippen LogP contribution in [0.2, 0.25) is 5.02 Å². The average Bonchev–Trinajstić information content (AvgIpc) is 2.93. The molecule has 0 aliphatic carbocycles. The van der Waals surface area contributed by atoms with Crippen molar-refractivity contribution in [3.8, 4) is 5.75 Å². The van der Waals surface area contributed by atoms with Crippen molar-refractivity contribution in [3.05, 3.63) is 58.5 Å². The van der Waals surface area contributed by atoms with Crippen molar-refractivity contribution >= 4 is 28.8 Å². The summed E-state index contributed by atoms with van der Waals surface area (Å²) >= 11 is 5.67. The van der Waals surface area contributed by atoms with Gasteiger partial charge in [0.15, 0.2) is 11.4 Å². The number of carbonyl (C=O) groups is 1. The molecule has 0 aliphatic heterocycles. The number of amides is 1. The number of aryl methyl sites for hydroxylation is 1. The Balaban J connectivity index is 2.04. The smallest absolute Gasteiger partial charge is 0.418 e. The highest BCUT2D eigenvalue weighted by molar-refractivity contribution is 6.30. The molecular weight excluding hydrogens is 383 g/mol. The van der Waals surface area contributed by atoms with Gasteiger partial charge in [-0.1, -0.05) is 11.6 Å². The number of rotatable bonds is 4. The summed E-state index contributed by atoms with van der Waals surface area (Å²) in [5.41, 5.74) is -0.511. The molecule has 27 heavy (non-hydrogen) atoms. The highest BCUT2D eigenvalue weighted by Gasteiger charge is 2.34. The van der Waals surface area contributed by atoms with Gasteiger partial charge in [0.2, 0.25) is 0 Å². The lowest BCUT2D eigenvalue weighted by molar-refractivity contribution is -0.136. The summed E-state index contributed by atoms with van der Waals surface area (Å²) < 4.78 is 46.7. The van der Waals surface area contributed by atoms with E-state index in [4.69, 9.17) is 16.3 Å². The van der Waals surface area contributed by atoms with E-state index in [1.165, 1.54) is 10.5 Å². The number of alkyl halides is 3. The quantitative estimate of drug-likeness (QED) is 0.676. The lowest BCUT2D eigenvalue weighted by atomic mass is 10.1. The zero-order valence-electron chi connectivity index (χ0n) is 14.4. The van der Waals surface area contributed by atoms with Crippen molar-refractivity contribution in [1.29, 1.82) is 0 Å². The summed E-state index contributed by atoms with van der Waals surface area (Å²) in [6, 6.07) is 6.53. The number of carbonyl (C=O) groups excluding carboxylic acids is 1. The van der Waals surface area contributed by atoms with E-state index in [2.05, 4.69) is 10.3 Å². The summed E-state index contributed by atoms with van der Waals surface area (Å²) in [5.74, 6) is -0.244. The predicted octanol–water partition coefficient (Wildman–Crippen LogP) is 4.97. The molecule has 2 aromatic heterocycles. The summed E-state index contributed by atoms with van der Waals surface area (Å²) in [7, 11) is 0. The predicted molar refractivity (Wildman–Crippen MR) is 95.5 cm³/mol. The number of nitrogens with zero attached hydrogens (tertiary/aromatic N) is 2. The Kier molecular flexibility index (Phi) is 5.01. The van der Waals surface area contributed by atoms with Crippen LogP contribution in [0.5, 0.6) is 5.75 Å². The maximum atomic E-state index is 13.2. The lowest BCUT2D eigenvalue weighted by Gasteiger charge is -2.14. The molecule has 1 amide bonds. The number of nitrogens with one attached hydrogen (secondary N) is 1. The van der Waals surface area contributed by atoms with Gasteiger partial charge in [-0.2, -0.15) is 13.2 Å². The number of ether oxygens (including phenoxy) is 1. The molecule has 0 spiro atoms. The molecule has 0 aliphatic rings. The summed E-state index contributed by atoms with van der Waals surface area (Å²) in [5, 5.41) is 2.24. The van der Waals surface area contributed by atoms with Crippen LogP contribution in [0.25, 0.3) is 5.65 Å². The minimum atomic E-state index is -4.66. The van der Waals surface area contributed by atoms with E-state index in [9.17, 15) is 18.0 Å². The number of aromatic nitrogens is 2. The number of benzene rings is 1. The highest BCUT2D eigenvalue weighted by Crippen LogP contribution is 2.36. The molecular formula is C18H15ClF3N3O2. The number of imidazole rings is 1. The molecule has 0 saturated carbocycles. The van der Waals surface area contributed by atoms with E-state index in [0.717, 1.165) is 12.1 Å². The number of anilines is 1. The molecule has 0 unspecified atom stereocenters. The SMILES string of the molecule is CCOc1cccn2c(C(=O)Nc3ccc(Cl)cc3C(F)(F)F)c(C)nc12. The normalized spacial score (nSPS) is 11.6. The molecule has 2 heterocycles. The van der Waals surface area contributed by atoms with Gasteiger partial charge in [-0.25, -0.2) is 4.98 Å². The Morgan fingerprint density at radius 3 is 2.74 bits per heavy atom. The monoisotopic (exact) mass is 397 g/mol. The van der Waals surface area contributed by atoms with Gasteiger partial charge in [-0.05, 0) is 44.2 Å². The standard InChI is InChI=1S/C18H15ClF3N3O2/c1-3-27-14-5-4-8-25-15(10(2)23-16(14)25)17(26)24-13-7-6-11(19)9-12(13)18(20,21)22/h4-9H,3H2,1-2H3,(H,24,26). The Morgan fingerprint density at radius 1 is 1.33 bits per heavy atom. The van der Waals surface area contributed by atoms with Gasteiger partial charge >= 0.3 is 6.18 Å².